The van der Waals surface area contributed by atoms with Crippen molar-refractivity contribution in [2.45, 2.75) is 6.54 Å². The van der Waals surface area contributed by atoms with Gasteiger partial charge in [-0.05, 0) is 40.2 Å². The fourth-order valence-electron chi connectivity index (χ4n) is 2.36. The van der Waals surface area contributed by atoms with Crippen LogP contribution in [0.1, 0.15) is 5.69 Å². The quantitative estimate of drug-likeness (QED) is 0.350. The van der Waals surface area contributed by atoms with E-state index in [1.165, 1.54) is 12.1 Å². The highest BCUT2D eigenvalue weighted by atomic mass is 127. The van der Waals surface area contributed by atoms with E-state index in [0.29, 0.717) is 18.2 Å². The van der Waals surface area contributed by atoms with Gasteiger partial charge in [0, 0.05) is 43.2 Å². The van der Waals surface area contributed by atoms with Gasteiger partial charge in [-0.25, -0.2) is 4.39 Å². The van der Waals surface area contributed by atoms with E-state index in [0.717, 1.165) is 10.2 Å². The minimum absolute atomic E-state index is 0. The average molecular weight is 538 g/mol. The van der Waals surface area contributed by atoms with Gasteiger partial charge >= 0.3 is 0 Å². The summed E-state index contributed by atoms with van der Waals surface area (Å²) in [5.41, 5.74) is 1.52. The summed E-state index contributed by atoms with van der Waals surface area (Å²) in [7, 11) is 5.52. The molecular weight excluding hydrogens is 516 g/mol. The molecule has 26 heavy (non-hydrogen) atoms. The molecule has 0 aliphatic carbocycles. The van der Waals surface area contributed by atoms with E-state index in [1.54, 1.807) is 19.2 Å². The predicted octanol–water partition coefficient (Wildman–Crippen LogP) is 3.19. The van der Waals surface area contributed by atoms with Crippen LogP contribution in [0.4, 0.5) is 10.1 Å². The van der Waals surface area contributed by atoms with Crippen molar-refractivity contribution in [3.63, 3.8) is 0 Å². The molecule has 0 radical (unpaired) electrons. The molecule has 0 aliphatic rings. The molecule has 0 unspecified atom stereocenters. The Morgan fingerprint density at radius 3 is 2.69 bits per heavy atom. The number of aliphatic imine (C=N–C) groups is 1. The second-order valence-electron chi connectivity index (χ2n) is 5.58. The van der Waals surface area contributed by atoms with Crippen molar-refractivity contribution in [1.29, 1.82) is 0 Å². The third-order valence-corrected chi connectivity index (χ3v) is 4.00. The maximum atomic E-state index is 13.1. The molecule has 0 saturated carbocycles. The zero-order valence-electron chi connectivity index (χ0n) is 14.8. The van der Waals surface area contributed by atoms with Crippen LogP contribution in [0.5, 0.6) is 0 Å². The first-order valence-corrected chi connectivity index (χ1v) is 8.46. The van der Waals surface area contributed by atoms with Crippen molar-refractivity contribution < 1.29 is 9.18 Å². The number of amides is 1. The topological polar surface area (TPSA) is 61.7 Å². The number of aryl methyl sites for hydroxylation is 1. The number of benzene rings is 1. The molecule has 6 nitrogen and oxygen atoms in total. The highest BCUT2D eigenvalue weighted by Crippen LogP contribution is 2.15. The number of hydrogen-bond donors (Lipinski definition) is 2. The van der Waals surface area contributed by atoms with Crippen LogP contribution in [0, 0.1) is 5.82 Å². The lowest BCUT2D eigenvalue weighted by Crippen LogP contribution is -2.42. The van der Waals surface area contributed by atoms with Crippen LogP contribution >= 0.6 is 39.9 Å². The Kier molecular flexibility index (Phi) is 9.06. The fourth-order valence-corrected chi connectivity index (χ4v) is 2.93. The Bertz CT molecular complexity index is 780. The van der Waals surface area contributed by atoms with E-state index < -0.39 is 5.82 Å². The molecule has 142 valence electrons. The summed E-state index contributed by atoms with van der Waals surface area (Å²) < 4.78 is 16.2. The molecule has 2 N–H and O–H groups in total. The summed E-state index contributed by atoms with van der Waals surface area (Å²) in [5, 5.41) is 5.64. The maximum absolute atomic E-state index is 13.1. The first-order chi connectivity index (χ1) is 11.9. The number of carbonyl (C=O) groups excluding carboxylic acids is 1. The smallest absolute Gasteiger partial charge is 0.243 e. The number of nitrogens with one attached hydrogen (secondary N) is 2. The van der Waals surface area contributed by atoms with E-state index in [9.17, 15) is 9.18 Å². The van der Waals surface area contributed by atoms with E-state index in [1.807, 2.05) is 35.8 Å². The number of hydrogen-bond acceptors (Lipinski definition) is 2. The average Bonchev–Trinajstić information content (AvgIpc) is 2.85. The van der Waals surface area contributed by atoms with Crippen molar-refractivity contribution in [3.8, 4) is 0 Å². The summed E-state index contributed by atoms with van der Waals surface area (Å²) in [6, 6.07) is 7.80. The molecule has 2 aromatic rings. The van der Waals surface area contributed by atoms with E-state index in [2.05, 4.69) is 31.6 Å². The molecule has 0 spiro atoms. The van der Waals surface area contributed by atoms with Crippen molar-refractivity contribution in [1.82, 2.24) is 14.8 Å². The molecule has 9 heteroatoms. The van der Waals surface area contributed by atoms with Crippen LogP contribution < -0.4 is 10.6 Å². The van der Waals surface area contributed by atoms with Crippen LogP contribution in [0.25, 0.3) is 0 Å². The minimum atomic E-state index is -0.393. The third kappa shape index (κ3) is 6.60. The molecule has 1 aromatic heterocycles. The molecule has 1 aromatic carbocycles. The SMILES string of the molecule is CN=C(NCC(=O)Nc1cccc(F)c1)N(C)Cc1cc(Br)cn1C.I. The normalized spacial score (nSPS) is 10.9. The minimum Gasteiger partial charge on any atom is -0.352 e. The van der Waals surface area contributed by atoms with Crippen LogP contribution in [-0.4, -0.2) is 42.0 Å². The Morgan fingerprint density at radius 1 is 1.38 bits per heavy atom. The zero-order valence-corrected chi connectivity index (χ0v) is 18.7. The van der Waals surface area contributed by atoms with Gasteiger partial charge in [0.2, 0.25) is 5.91 Å². The van der Waals surface area contributed by atoms with Gasteiger partial charge in [0.05, 0.1) is 13.1 Å². The van der Waals surface area contributed by atoms with Gasteiger partial charge < -0.3 is 20.1 Å². The molecule has 0 aliphatic heterocycles. The van der Waals surface area contributed by atoms with Crippen molar-refractivity contribution in [2.24, 2.45) is 12.0 Å². The number of anilines is 1. The fraction of sp³-hybridized carbons (Fsp3) is 0.294. The van der Waals surface area contributed by atoms with Crippen molar-refractivity contribution >= 4 is 57.5 Å². The molecular formula is C17H22BrFIN5O. The Labute approximate surface area is 178 Å². The summed E-state index contributed by atoms with van der Waals surface area (Å²) in [6.07, 6.45) is 1.98. The van der Waals surface area contributed by atoms with Crippen LogP contribution in [0.3, 0.4) is 0 Å². The lowest BCUT2D eigenvalue weighted by Gasteiger charge is -2.22. The summed E-state index contributed by atoms with van der Waals surface area (Å²) in [6.45, 7) is 0.664. The second kappa shape index (κ2) is 10.5. The first kappa shape index (κ1) is 22.4. The molecule has 2 rings (SSSR count). The number of halogens is 3. The number of carbonyl (C=O) groups is 1. The summed E-state index contributed by atoms with van der Waals surface area (Å²) in [5.74, 6) is -0.0801. The molecule has 1 heterocycles. The molecule has 1 amide bonds. The van der Waals surface area contributed by atoms with Gasteiger partial charge in [-0.2, -0.15) is 0 Å². The summed E-state index contributed by atoms with van der Waals surface area (Å²) >= 11 is 3.45. The largest absolute Gasteiger partial charge is 0.352 e. The monoisotopic (exact) mass is 537 g/mol. The van der Waals surface area contributed by atoms with Crippen LogP contribution in [0.15, 0.2) is 46.0 Å². The standard InChI is InChI=1S/C17H21BrFN5O.HI/c1-20-17(24(3)11-15-7-12(18)10-23(15)2)21-9-16(25)22-14-6-4-5-13(19)8-14;/h4-8,10H,9,11H2,1-3H3,(H,20,21)(H,22,25);1H. The lowest BCUT2D eigenvalue weighted by atomic mass is 10.3. The number of rotatable bonds is 5. The zero-order chi connectivity index (χ0) is 18.4. The van der Waals surface area contributed by atoms with E-state index >= 15 is 0 Å². The molecule has 0 bridgehead atoms. The van der Waals surface area contributed by atoms with Gasteiger partial charge in [0.25, 0.3) is 0 Å². The van der Waals surface area contributed by atoms with Crippen LogP contribution in [0.2, 0.25) is 0 Å². The first-order valence-electron chi connectivity index (χ1n) is 7.67. The van der Waals surface area contributed by atoms with Gasteiger partial charge in [-0.15, -0.1) is 24.0 Å². The Morgan fingerprint density at radius 2 is 2.12 bits per heavy atom. The predicted molar refractivity (Wildman–Crippen MR) is 116 cm³/mol. The maximum Gasteiger partial charge on any atom is 0.243 e. The van der Waals surface area contributed by atoms with Gasteiger partial charge in [0.1, 0.15) is 5.82 Å². The lowest BCUT2D eigenvalue weighted by molar-refractivity contribution is -0.115. The number of nitrogens with zero attached hydrogens (tertiary/aromatic N) is 3. The number of aromatic nitrogens is 1. The molecule has 0 fully saturated rings. The van der Waals surface area contributed by atoms with Gasteiger partial charge in [-0.1, -0.05) is 6.07 Å². The van der Waals surface area contributed by atoms with E-state index in [-0.39, 0.29) is 36.4 Å². The van der Waals surface area contributed by atoms with Crippen molar-refractivity contribution in [2.75, 3.05) is 26.0 Å². The second-order valence-corrected chi connectivity index (χ2v) is 6.49. The highest BCUT2D eigenvalue weighted by Gasteiger charge is 2.11. The molecule has 0 saturated heterocycles. The van der Waals surface area contributed by atoms with Crippen LogP contribution in [-0.2, 0) is 18.4 Å². The summed E-state index contributed by atoms with van der Waals surface area (Å²) in [4.78, 5) is 18.1. The van der Waals surface area contributed by atoms with Gasteiger partial charge in [0.15, 0.2) is 5.96 Å². The van der Waals surface area contributed by atoms with Gasteiger partial charge in [-0.3, -0.25) is 9.79 Å². The Balaban J connectivity index is 0.00000338. The third-order valence-electron chi connectivity index (χ3n) is 3.56. The van der Waals surface area contributed by atoms with Crippen molar-refractivity contribution in [3.05, 3.63) is 52.5 Å². The highest BCUT2D eigenvalue weighted by molar-refractivity contribution is 14.0. The molecule has 0 atom stereocenters. The Hall–Kier alpha value is -1.62. The number of guanidine groups is 1. The van der Waals surface area contributed by atoms with E-state index in [4.69, 9.17) is 0 Å².